The van der Waals surface area contributed by atoms with Crippen LogP contribution in [0, 0.1) is 0 Å². The second-order valence-corrected chi connectivity index (χ2v) is 1.87. The molecule has 0 fully saturated rings. The molecule has 0 amide bonds. The lowest BCUT2D eigenvalue weighted by Crippen LogP contribution is -2.42. The van der Waals surface area contributed by atoms with Crippen molar-refractivity contribution >= 4 is 0 Å². The lowest BCUT2D eigenvalue weighted by Gasteiger charge is -2.14. The minimum absolute atomic E-state index is 0.677. The van der Waals surface area contributed by atoms with Gasteiger partial charge in [0.25, 0.3) is 0 Å². The maximum Gasteiger partial charge on any atom is 0.0591 e. The largest absolute Gasteiger partial charge is 0.305 e. The van der Waals surface area contributed by atoms with E-state index in [1.165, 1.54) is 0 Å². The van der Waals surface area contributed by atoms with Crippen molar-refractivity contribution in [3.05, 3.63) is 0 Å². The summed E-state index contributed by atoms with van der Waals surface area (Å²) < 4.78 is 0. The molecule has 0 aliphatic rings. The van der Waals surface area contributed by atoms with Gasteiger partial charge < -0.3 is 5.84 Å². The summed E-state index contributed by atoms with van der Waals surface area (Å²) in [7, 11) is 0. The van der Waals surface area contributed by atoms with Gasteiger partial charge in [-0.3, -0.25) is 5.84 Å². The van der Waals surface area contributed by atoms with Crippen LogP contribution in [0.3, 0.4) is 0 Å². The average Bonchev–Trinajstić information content (AvgIpc) is 2.10. The molecule has 0 atom stereocenters. The Morgan fingerprint density at radius 1 is 1.25 bits per heavy atom. The summed E-state index contributed by atoms with van der Waals surface area (Å²) in [6.45, 7) is 8.54. The van der Waals surface area contributed by atoms with Crippen LogP contribution in [0.1, 0.15) is 20.8 Å². The van der Waals surface area contributed by atoms with E-state index in [-0.39, 0.29) is 0 Å². The number of nitrogens with one attached hydrogen (secondary N) is 1. The predicted molar refractivity (Wildman–Crippen MR) is 49.8 cm³/mol. The Kier molecular flexibility index (Phi) is 14.9. The molecule has 6 heteroatoms. The van der Waals surface area contributed by atoms with Gasteiger partial charge in [-0.05, 0) is 6.92 Å². The summed E-state index contributed by atoms with van der Waals surface area (Å²) in [4.78, 5) is 0. The standard InChI is InChI=1S/C4H13N3.C2H7N3/c1-3-7(4-2)6-5;1-2-4-5-3/h6H,3-5H2,1-2H3;2H2,1H3,(H2,3,4). The van der Waals surface area contributed by atoms with Crippen molar-refractivity contribution in [3.8, 4) is 0 Å². The molecule has 0 radical (unpaired) electrons. The van der Waals surface area contributed by atoms with Crippen molar-refractivity contribution < 1.29 is 0 Å². The van der Waals surface area contributed by atoms with Crippen LogP contribution in [0.25, 0.3) is 0 Å². The van der Waals surface area contributed by atoms with Crippen LogP contribution in [0.15, 0.2) is 10.3 Å². The highest BCUT2D eigenvalue weighted by molar-refractivity contribution is 4.35. The Morgan fingerprint density at radius 2 is 1.75 bits per heavy atom. The molecule has 12 heavy (non-hydrogen) atoms. The lowest BCUT2D eigenvalue weighted by atomic mass is 10.6. The SMILES string of the molecule is CCN(CC)NN.CCN=NN. The summed E-state index contributed by atoms with van der Waals surface area (Å²) in [5.41, 5.74) is 2.53. The molecule has 0 spiro atoms. The lowest BCUT2D eigenvalue weighted by molar-refractivity contribution is 0.212. The third-order valence-corrected chi connectivity index (χ3v) is 1.17. The molecule has 0 aliphatic carbocycles. The van der Waals surface area contributed by atoms with E-state index in [0.717, 1.165) is 13.1 Å². The van der Waals surface area contributed by atoms with Crippen LogP contribution in [0.5, 0.6) is 0 Å². The van der Waals surface area contributed by atoms with E-state index in [2.05, 4.69) is 21.7 Å². The van der Waals surface area contributed by atoms with Crippen LogP contribution in [-0.4, -0.2) is 24.6 Å². The van der Waals surface area contributed by atoms with E-state index in [4.69, 9.17) is 5.84 Å². The van der Waals surface area contributed by atoms with Gasteiger partial charge in [0.1, 0.15) is 0 Å². The Balaban J connectivity index is 0. The fourth-order valence-corrected chi connectivity index (χ4v) is 0.488. The van der Waals surface area contributed by atoms with E-state index in [1.54, 1.807) is 0 Å². The van der Waals surface area contributed by atoms with E-state index in [1.807, 2.05) is 25.8 Å². The normalized spacial score (nSPS) is 10.1. The fraction of sp³-hybridized carbons (Fsp3) is 1.00. The van der Waals surface area contributed by atoms with Crippen LogP contribution in [0.2, 0.25) is 0 Å². The van der Waals surface area contributed by atoms with Gasteiger partial charge in [0.2, 0.25) is 0 Å². The molecule has 0 aromatic heterocycles. The number of rotatable bonds is 4. The smallest absolute Gasteiger partial charge is 0.0591 e. The summed E-state index contributed by atoms with van der Waals surface area (Å²) in [6.07, 6.45) is 0. The highest BCUT2D eigenvalue weighted by Gasteiger charge is 1.88. The molecular weight excluding hydrogens is 156 g/mol. The molecule has 0 aromatic rings. The van der Waals surface area contributed by atoms with Gasteiger partial charge in [-0.2, -0.15) is 10.6 Å². The number of hydrogen-bond donors (Lipinski definition) is 3. The quantitative estimate of drug-likeness (QED) is 0.320. The molecule has 74 valence electrons. The topological polar surface area (TPSA) is 92.0 Å². The molecule has 0 aliphatic heterocycles. The minimum atomic E-state index is 0.677. The van der Waals surface area contributed by atoms with Gasteiger partial charge in [-0.15, -0.1) is 0 Å². The zero-order valence-corrected chi connectivity index (χ0v) is 8.12. The summed E-state index contributed by atoms with van der Waals surface area (Å²) >= 11 is 0. The van der Waals surface area contributed by atoms with E-state index >= 15 is 0 Å². The van der Waals surface area contributed by atoms with Gasteiger partial charge in [-0.1, -0.05) is 19.1 Å². The van der Waals surface area contributed by atoms with Crippen molar-refractivity contribution in [1.29, 1.82) is 0 Å². The molecule has 0 saturated heterocycles. The van der Waals surface area contributed by atoms with Crippen molar-refractivity contribution in [2.24, 2.45) is 22.0 Å². The van der Waals surface area contributed by atoms with Crippen molar-refractivity contribution in [2.75, 3.05) is 19.6 Å². The average molecular weight is 176 g/mol. The van der Waals surface area contributed by atoms with Gasteiger partial charge in [0.15, 0.2) is 0 Å². The third-order valence-electron chi connectivity index (χ3n) is 1.17. The second-order valence-electron chi connectivity index (χ2n) is 1.87. The first-order chi connectivity index (χ1) is 5.76. The van der Waals surface area contributed by atoms with E-state index in [0.29, 0.717) is 6.54 Å². The first kappa shape index (κ1) is 13.8. The van der Waals surface area contributed by atoms with E-state index in [9.17, 15) is 0 Å². The maximum absolute atomic E-state index is 5.07. The van der Waals surface area contributed by atoms with Crippen molar-refractivity contribution in [3.63, 3.8) is 0 Å². The van der Waals surface area contributed by atoms with Gasteiger partial charge in [0, 0.05) is 13.1 Å². The fourth-order valence-electron chi connectivity index (χ4n) is 0.488. The zero-order chi connectivity index (χ0) is 9.82. The first-order valence-electron chi connectivity index (χ1n) is 4.04. The molecular formula is C6H20N6. The summed E-state index contributed by atoms with van der Waals surface area (Å²) in [5, 5.41) is 8.26. The number of nitrogens with two attached hydrogens (primary N) is 2. The number of nitrogens with zero attached hydrogens (tertiary/aromatic N) is 3. The molecule has 5 N–H and O–H groups in total. The molecule has 0 heterocycles. The molecule has 0 aromatic carbocycles. The molecule has 6 nitrogen and oxygen atoms in total. The summed E-state index contributed by atoms with van der Waals surface area (Å²) in [5.74, 6) is 9.67. The monoisotopic (exact) mass is 176 g/mol. The Morgan fingerprint density at radius 3 is 1.75 bits per heavy atom. The summed E-state index contributed by atoms with van der Waals surface area (Å²) in [6, 6.07) is 0. The molecule has 0 bridgehead atoms. The highest BCUT2D eigenvalue weighted by atomic mass is 15.6. The molecule has 0 rings (SSSR count). The highest BCUT2D eigenvalue weighted by Crippen LogP contribution is 1.72. The first-order valence-corrected chi connectivity index (χ1v) is 4.04. The second kappa shape index (κ2) is 12.9. The minimum Gasteiger partial charge on any atom is -0.305 e. The molecule has 0 unspecified atom stereocenters. The maximum atomic E-state index is 5.07. The predicted octanol–water partition coefficient (Wildman–Crippen LogP) is 0.0387. The van der Waals surface area contributed by atoms with Crippen LogP contribution >= 0.6 is 0 Å². The van der Waals surface area contributed by atoms with Crippen LogP contribution in [0.4, 0.5) is 0 Å². The van der Waals surface area contributed by atoms with Gasteiger partial charge >= 0.3 is 0 Å². The third kappa shape index (κ3) is 12.0. The van der Waals surface area contributed by atoms with Crippen LogP contribution in [-0.2, 0) is 0 Å². The molecule has 0 saturated carbocycles. The van der Waals surface area contributed by atoms with Gasteiger partial charge in [-0.25, -0.2) is 5.01 Å². The van der Waals surface area contributed by atoms with Gasteiger partial charge in [0.05, 0.1) is 6.54 Å². The van der Waals surface area contributed by atoms with Crippen LogP contribution < -0.4 is 17.2 Å². The van der Waals surface area contributed by atoms with E-state index < -0.39 is 0 Å². The number of hydrogen-bond acceptors (Lipinski definition) is 5. The Labute approximate surface area is 73.9 Å². The van der Waals surface area contributed by atoms with Crippen molar-refractivity contribution in [2.45, 2.75) is 20.8 Å². The Bertz CT molecular complexity index is 84.5. The number of hydrazine groups is 2. The Hall–Kier alpha value is -0.720. The zero-order valence-electron chi connectivity index (χ0n) is 8.12. The van der Waals surface area contributed by atoms with Crippen molar-refractivity contribution in [1.82, 2.24) is 10.5 Å².